The Morgan fingerprint density at radius 1 is 1.11 bits per heavy atom. The van der Waals surface area contributed by atoms with E-state index in [0.717, 1.165) is 35.1 Å². The first-order valence-electron chi connectivity index (χ1n) is 15.7. The van der Waals surface area contributed by atoms with Crippen molar-refractivity contribution in [2.45, 2.75) is 77.7 Å². The predicted molar refractivity (Wildman–Crippen MR) is 178 cm³/mol. The number of aliphatic hydroxyl groups excluding tert-OH is 1. The molecule has 4 aromatic rings. The van der Waals surface area contributed by atoms with E-state index in [4.69, 9.17) is 16.3 Å². The van der Waals surface area contributed by atoms with Gasteiger partial charge in [-0.3, -0.25) is 9.78 Å². The molecule has 1 heterocycles. The number of nitrogens with one attached hydrogen (secondary N) is 1. The predicted octanol–water partition coefficient (Wildman–Crippen LogP) is 7.72. The summed E-state index contributed by atoms with van der Waals surface area (Å²) in [6, 6.07) is 19.9. The van der Waals surface area contributed by atoms with Crippen molar-refractivity contribution in [2.24, 2.45) is 5.92 Å². The van der Waals surface area contributed by atoms with Crippen LogP contribution in [0.1, 0.15) is 72.9 Å². The molecule has 1 aliphatic rings. The van der Waals surface area contributed by atoms with E-state index < -0.39 is 12.1 Å². The molecule has 0 spiro atoms. The molecule has 0 fully saturated rings. The molecule has 238 valence electrons. The van der Waals surface area contributed by atoms with Crippen LogP contribution in [0.15, 0.2) is 73.1 Å². The first-order chi connectivity index (χ1) is 22.1. The minimum Gasteiger partial charge on any atom is -0.489 e. The highest BCUT2D eigenvalue weighted by atomic mass is 35.5. The van der Waals surface area contributed by atoms with E-state index in [2.05, 4.69) is 22.4 Å². The first kappa shape index (κ1) is 33.3. The van der Waals surface area contributed by atoms with Crippen LogP contribution in [0.4, 0.5) is 4.39 Å². The smallest absolute Gasteiger partial charge is 0.152 e. The van der Waals surface area contributed by atoms with Gasteiger partial charge in [-0.15, -0.1) is 0 Å². The first-order valence-corrected chi connectivity index (χ1v) is 16.1. The summed E-state index contributed by atoms with van der Waals surface area (Å²) in [6.45, 7) is 5.99. The van der Waals surface area contributed by atoms with E-state index >= 15 is 0 Å². The highest BCUT2D eigenvalue weighted by Crippen LogP contribution is 2.42. The molecule has 1 aromatic heterocycles. The van der Waals surface area contributed by atoms with Gasteiger partial charge in [-0.25, -0.2) is 4.39 Å². The van der Waals surface area contributed by atoms with Crippen LogP contribution in [-0.2, 0) is 30.8 Å². The van der Waals surface area contributed by atoms with E-state index in [9.17, 15) is 19.6 Å². The van der Waals surface area contributed by atoms with Crippen molar-refractivity contribution in [1.29, 1.82) is 5.26 Å². The van der Waals surface area contributed by atoms with Crippen molar-refractivity contribution in [3.63, 3.8) is 0 Å². The number of aromatic nitrogens is 1. The van der Waals surface area contributed by atoms with Gasteiger partial charge in [0.2, 0.25) is 0 Å². The van der Waals surface area contributed by atoms with Crippen molar-refractivity contribution in [2.75, 3.05) is 0 Å². The van der Waals surface area contributed by atoms with E-state index in [1.54, 1.807) is 25.3 Å². The van der Waals surface area contributed by atoms with Crippen LogP contribution >= 0.6 is 11.6 Å². The molecule has 1 aliphatic carbocycles. The van der Waals surface area contributed by atoms with Crippen molar-refractivity contribution in [3.8, 4) is 22.9 Å². The third kappa shape index (κ3) is 7.82. The van der Waals surface area contributed by atoms with Crippen molar-refractivity contribution in [1.82, 2.24) is 10.3 Å². The minimum atomic E-state index is -0.873. The second-order valence-electron chi connectivity index (χ2n) is 12.5. The molecular weight excluding hydrogens is 601 g/mol. The van der Waals surface area contributed by atoms with Crippen LogP contribution < -0.4 is 10.1 Å². The average Bonchev–Trinajstić information content (AvgIpc) is 3.44. The Bertz CT molecular complexity index is 1750. The van der Waals surface area contributed by atoms with E-state index in [1.807, 2.05) is 50.2 Å². The Morgan fingerprint density at radius 2 is 1.89 bits per heavy atom. The Kier molecular flexibility index (Phi) is 10.9. The van der Waals surface area contributed by atoms with Crippen molar-refractivity contribution >= 4 is 17.4 Å². The van der Waals surface area contributed by atoms with E-state index in [1.165, 1.54) is 23.4 Å². The summed E-state index contributed by atoms with van der Waals surface area (Å²) in [5, 5.41) is 23.5. The van der Waals surface area contributed by atoms with Gasteiger partial charge in [0.1, 0.15) is 24.2 Å². The number of halogens is 2. The van der Waals surface area contributed by atoms with Gasteiger partial charge in [-0.1, -0.05) is 61.8 Å². The van der Waals surface area contributed by atoms with Crippen LogP contribution in [0.5, 0.6) is 5.75 Å². The lowest BCUT2D eigenvalue weighted by molar-refractivity contribution is -0.124. The standard InChI is InChI=1S/C38H39ClFN3O3/c1-23(2)13-36(45)38(24(3)44)43-21-29-16-34(39)28(17-37(29)46-22-26-14-25(18-41)19-42-20-26)15-27-11-12-32-30(27)8-6-9-31(32)33-7-4-5-10-35(33)40/h4-10,14,16-17,19-20,23-24,27,38,43-44H,11-13,15,21-22H2,1-3H3/t24?,27-,38?/m1/s1. The number of nitrogens with zero attached hydrogens (tertiary/aromatic N) is 2. The van der Waals surface area contributed by atoms with Crippen molar-refractivity contribution in [3.05, 3.63) is 117 Å². The van der Waals surface area contributed by atoms with Gasteiger partial charge in [0.15, 0.2) is 5.78 Å². The number of hydrogen-bond acceptors (Lipinski definition) is 6. The number of pyridine rings is 1. The molecule has 0 saturated carbocycles. The van der Waals surface area contributed by atoms with Gasteiger partial charge in [-0.2, -0.15) is 5.26 Å². The maximum Gasteiger partial charge on any atom is 0.152 e. The number of Topliss-reactive ketones (excluding diaryl/α,β-unsaturated/α-hetero) is 1. The highest BCUT2D eigenvalue weighted by molar-refractivity contribution is 6.31. The number of ketones is 1. The number of fused-ring (bicyclic) bond motifs is 1. The molecule has 0 amide bonds. The van der Waals surface area contributed by atoms with Gasteiger partial charge in [0.05, 0.1) is 17.7 Å². The Morgan fingerprint density at radius 3 is 2.63 bits per heavy atom. The summed E-state index contributed by atoms with van der Waals surface area (Å²) < 4.78 is 21.1. The highest BCUT2D eigenvalue weighted by Gasteiger charge is 2.28. The Hall–Kier alpha value is -4.09. The molecule has 3 atom stereocenters. The largest absolute Gasteiger partial charge is 0.489 e. The average molecular weight is 640 g/mol. The molecule has 0 aliphatic heterocycles. The fourth-order valence-corrected chi connectivity index (χ4v) is 6.57. The normalized spacial score (nSPS) is 15.3. The quantitative estimate of drug-likeness (QED) is 0.156. The fraction of sp³-hybridized carbons (Fsp3) is 0.342. The van der Waals surface area contributed by atoms with Crippen LogP contribution in [0.3, 0.4) is 0 Å². The molecule has 2 N–H and O–H groups in total. The lowest BCUT2D eigenvalue weighted by Gasteiger charge is -2.23. The van der Waals surface area contributed by atoms with Gasteiger partial charge < -0.3 is 15.2 Å². The van der Waals surface area contributed by atoms with Crippen LogP contribution in [0, 0.1) is 23.1 Å². The summed E-state index contributed by atoms with van der Waals surface area (Å²) in [6.07, 6.45) is 5.08. The van der Waals surface area contributed by atoms with Gasteiger partial charge in [0, 0.05) is 47.1 Å². The number of nitriles is 1. The number of ether oxygens (including phenoxy) is 1. The zero-order chi connectivity index (χ0) is 32.8. The van der Waals surface area contributed by atoms with Crippen LogP contribution in [-0.4, -0.2) is 28.0 Å². The third-order valence-electron chi connectivity index (χ3n) is 8.52. The Labute approximate surface area is 275 Å². The lowest BCUT2D eigenvalue weighted by atomic mass is 9.90. The van der Waals surface area contributed by atoms with Crippen LogP contribution in [0.25, 0.3) is 11.1 Å². The third-order valence-corrected chi connectivity index (χ3v) is 8.88. The van der Waals surface area contributed by atoms with Crippen molar-refractivity contribution < 1.29 is 19.0 Å². The molecule has 8 heteroatoms. The molecule has 3 aromatic carbocycles. The summed E-state index contributed by atoms with van der Waals surface area (Å²) in [4.78, 5) is 17.0. The van der Waals surface area contributed by atoms with Gasteiger partial charge in [0.25, 0.3) is 0 Å². The van der Waals surface area contributed by atoms with E-state index in [0.29, 0.717) is 34.7 Å². The maximum atomic E-state index is 14.7. The summed E-state index contributed by atoms with van der Waals surface area (Å²) in [5.74, 6) is 0.676. The molecule has 0 bridgehead atoms. The number of aliphatic hydroxyl groups is 1. The Balaban J connectivity index is 1.43. The summed E-state index contributed by atoms with van der Waals surface area (Å²) in [5.41, 5.74) is 6.77. The number of hydrogen-bond donors (Lipinski definition) is 2. The second-order valence-corrected chi connectivity index (χ2v) is 12.9. The molecule has 0 radical (unpaired) electrons. The monoisotopic (exact) mass is 639 g/mol. The summed E-state index contributed by atoms with van der Waals surface area (Å²) >= 11 is 6.93. The molecule has 46 heavy (non-hydrogen) atoms. The maximum absolute atomic E-state index is 14.7. The molecule has 5 rings (SSSR count). The molecular formula is C38H39ClFN3O3. The fourth-order valence-electron chi connectivity index (χ4n) is 6.31. The van der Waals surface area contributed by atoms with Gasteiger partial charge in [-0.05, 0) is 84.5 Å². The van der Waals surface area contributed by atoms with Crippen LogP contribution in [0.2, 0.25) is 5.02 Å². The minimum absolute atomic E-state index is 0.0516. The molecule has 6 nitrogen and oxygen atoms in total. The molecule has 0 saturated heterocycles. The zero-order valence-electron chi connectivity index (χ0n) is 26.4. The van der Waals surface area contributed by atoms with E-state index in [-0.39, 0.29) is 36.6 Å². The number of benzene rings is 3. The van der Waals surface area contributed by atoms with Gasteiger partial charge >= 0.3 is 0 Å². The number of carbonyl (C=O) groups excluding carboxylic acids is 1. The second kappa shape index (κ2) is 15.0. The SMILES string of the molecule is CC(C)CC(=O)C(NCc1cc(Cl)c(C[C@H]2CCc3c(-c4ccccc4F)cccc32)cc1OCc1cncc(C#N)c1)C(C)O. The topological polar surface area (TPSA) is 95.2 Å². The zero-order valence-corrected chi connectivity index (χ0v) is 27.2. The molecule has 2 unspecified atom stereocenters. The lowest BCUT2D eigenvalue weighted by Crippen LogP contribution is -2.44. The summed E-state index contributed by atoms with van der Waals surface area (Å²) in [7, 11) is 0. The number of carbonyl (C=O) groups is 1. The number of rotatable bonds is 13.